The van der Waals surface area contributed by atoms with Gasteiger partial charge in [-0.2, -0.15) is 0 Å². The zero-order chi connectivity index (χ0) is 20.3. The number of aryl methyl sites for hydroxylation is 2. The molecule has 2 aromatic carbocycles. The van der Waals surface area contributed by atoms with E-state index in [0.29, 0.717) is 5.69 Å². The normalized spacial score (nSPS) is 16.2. The van der Waals surface area contributed by atoms with Crippen LogP contribution in [0.5, 0.6) is 0 Å². The van der Waals surface area contributed by atoms with Crippen molar-refractivity contribution in [1.82, 2.24) is 0 Å². The topological polar surface area (TPSA) is 75.7 Å². The van der Waals surface area contributed by atoms with Crippen molar-refractivity contribution in [2.45, 2.75) is 20.3 Å². The van der Waals surface area contributed by atoms with Crippen LogP contribution in [-0.2, 0) is 19.1 Å². The molecule has 2 aromatic rings. The minimum Gasteiger partial charge on any atom is -0.455 e. The van der Waals surface area contributed by atoms with Gasteiger partial charge in [-0.3, -0.25) is 14.4 Å². The predicted octanol–water partition coefficient (Wildman–Crippen LogP) is 3.60. The molecule has 0 spiro atoms. The first-order valence-electron chi connectivity index (χ1n) is 8.93. The molecule has 7 heteroatoms. The molecule has 1 saturated heterocycles. The molecular weight excluding hydrogens is 424 g/mol. The first-order valence-corrected chi connectivity index (χ1v) is 9.72. The summed E-state index contributed by atoms with van der Waals surface area (Å²) in [7, 11) is 0. The average Bonchev–Trinajstić information content (AvgIpc) is 3.05. The molecule has 28 heavy (non-hydrogen) atoms. The molecule has 146 valence electrons. The van der Waals surface area contributed by atoms with Crippen molar-refractivity contribution >= 4 is 45.1 Å². The molecule has 0 radical (unpaired) electrons. The Morgan fingerprint density at radius 1 is 1.14 bits per heavy atom. The number of hydrogen-bond acceptors (Lipinski definition) is 4. The van der Waals surface area contributed by atoms with E-state index < -0.39 is 17.8 Å². The molecular formula is C21H21BrN2O4. The molecule has 1 aliphatic heterocycles. The minimum absolute atomic E-state index is 0.0771. The Hall–Kier alpha value is -2.67. The van der Waals surface area contributed by atoms with Crippen LogP contribution >= 0.6 is 15.9 Å². The van der Waals surface area contributed by atoms with Gasteiger partial charge in [-0.25, -0.2) is 0 Å². The summed E-state index contributed by atoms with van der Waals surface area (Å²) in [6, 6.07) is 12.9. The third-order valence-corrected chi connectivity index (χ3v) is 5.26. The van der Waals surface area contributed by atoms with Crippen LogP contribution in [0.15, 0.2) is 46.9 Å². The SMILES string of the molecule is Cc1ccc(NC(=O)COC(=O)C2CC(=O)N(c3ccc(Br)cc3)C2)cc1C. The number of carbonyl (C=O) groups excluding carboxylic acids is 3. The Kier molecular flexibility index (Phi) is 6.14. The minimum atomic E-state index is -0.578. The lowest BCUT2D eigenvalue weighted by Crippen LogP contribution is -2.28. The maximum atomic E-state index is 12.3. The first-order chi connectivity index (χ1) is 13.3. The zero-order valence-corrected chi connectivity index (χ0v) is 17.3. The number of benzene rings is 2. The van der Waals surface area contributed by atoms with E-state index >= 15 is 0 Å². The van der Waals surface area contributed by atoms with Crippen LogP contribution in [0.4, 0.5) is 11.4 Å². The largest absolute Gasteiger partial charge is 0.455 e. The number of esters is 1. The lowest BCUT2D eigenvalue weighted by molar-refractivity contribution is -0.151. The highest BCUT2D eigenvalue weighted by molar-refractivity contribution is 9.10. The molecule has 1 aliphatic rings. The lowest BCUT2D eigenvalue weighted by atomic mass is 10.1. The zero-order valence-electron chi connectivity index (χ0n) is 15.7. The number of amides is 2. The van der Waals surface area contributed by atoms with Gasteiger partial charge in [0.05, 0.1) is 5.92 Å². The number of ether oxygens (including phenoxy) is 1. The molecule has 1 atom stereocenters. The Morgan fingerprint density at radius 2 is 1.86 bits per heavy atom. The number of anilines is 2. The van der Waals surface area contributed by atoms with Crippen molar-refractivity contribution in [1.29, 1.82) is 0 Å². The van der Waals surface area contributed by atoms with Gasteiger partial charge in [-0.15, -0.1) is 0 Å². The van der Waals surface area contributed by atoms with E-state index in [-0.39, 0.29) is 25.5 Å². The monoisotopic (exact) mass is 444 g/mol. The Bertz CT molecular complexity index is 911. The number of halogens is 1. The summed E-state index contributed by atoms with van der Waals surface area (Å²) in [6.45, 7) is 3.81. The summed E-state index contributed by atoms with van der Waals surface area (Å²) in [5.74, 6) is -1.66. The standard InChI is InChI=1S/C21H21BrN2O4/c1-13-3-6-17(9-14(13)2)23-19(25)12-28-21(27)15-10-20(26)24(11-15)18-7-4-16(22)5-8-18/h3-9,15H,10-12H2,1-2H3,(H,23,25). The fourth-order valence-electron chi connectivity index (χ4n) is 3.01. The van der Waals surface area contributed by atoms with Crippen molar-refractivity contribution in [2.24, 2.45) is 5.92 Å². The number of rotatable bonds is 5. The molecule has 3 rings (SSSR count). The Balaban J connectivity index is 1.52. The van der Waals surface area contributed by atoms with Gasteiger partial charge in [0.1, 0.15) is 0 Å². The maximum Gasteiger partial charge on any atom is 0.311 e. The molecule has 2 amide bonds. The van der Waals surface area contributed by atoms with Crippen molar-refractivity contribution < 1.29 is 19.1 Å². The highest BCUT2D eigenvalue weighted by Crippen LogP contribution is 2.27. The van der Waals surface area contributed by atoms with Gasteiger partial charge in [0.25, 0.3) is 5.91 Å². The van der Waals surface area contributed by atoms with Gasteiger partial charge in [-0.1, -0.05) is 22.0 Å². The van der Waals surface area contributed by atoms with E-state index in [0.717, 1.165) is 21.3 Å². The van der Waals surface area contributed by atoms with Gasteiger partial charge < -0.3 is 15.0 Å². The van der Waals surface area contributed by atoms with E-state index in [9.17, 15) is 14.4 Å². The second-order valence-corrected chi connectivity index (χ2v) is 7.75. The van der Waals surface area contributed by atoms with Crippen LogP contribution in [-0.4, -0.2) is 30.9 Å². The van der Waals surface area contributed by atoms with E-state index in [1.165, 1.54) is 0 Å². The third-order valence-electron chi connectivity index (χ3n) is 4.73. The van der Waals surface area contributed by atoms with Crippen molar-refractivity contribution in [2.75, 3.05) is 23.4 Å². The summed E-state index contributed by atoms with van der Waals surface area (Å²) >= 11 is 3.35. The van der Waals surface area contributed by atoms with Crippen molar-refractivity contribution in [3.63, 3.8) is 0 Å². The summed E-state index contributed by atoms with van der Waals surface area (Å²) < 4.78 is 6.04. The van der Waals surface area contributed by atoms with Crippen LogP contribution in [0, 0.1) is 19.8 Å². The fourth-order valence-corrected chi connectivity index (χ4v) is 3.27. The maximum absolute atomic E-state index is 12.3. The molecule has 1 unspecified atom stereocenters. The van der Waals surface area contributed by atoms with Crippen LogP contribution in [0.25, 0.3) is 0 Å². The predicted molar refractivity (Wildman–Crippen MR) is 110 cm³/mol. The highest BCUT2D eigenvalue weighted by Gasteiger charge is 2.36. The van der Waals surface area contributed by atoms with Crippen LogP contribution < -0.4 is 10.2 Å². The van der Waals surface area contributed by atoms with Gasteiger partial charge in [0.15, 0.2) is 6.61 Å². The van der Waals surface area contributed by atoms with Crippen LogP contribution in [0.2, 0.25) is 0 Å². The molecule has 0 aliphatic carbocycles. The second kappa shape index (κ2) is 8.56. The van der Waals surface area contributed by atoms with E-state index in [1.807, 2.05) is 50.2 Å². The molecule has 1 N–H and O–H groups in total. The number of nitrogens with zero attached hydrogens (tertiary/aromatic N) is 1. The second-order valence-electron chi connectivity index (χ2n) is 6.84. The molecule has 0 saturated carbocycles. The smallest absolute Gasteiger partial charge is 0.311 e. The van der Waals surface area contributed by atoms with Crippen molar-refractivity contribution in [3.05, 3.63) is 58.1 Å². The molecule has 1 fully saturated rings. The first kappa shape index (κ1) is 20.1. The molecule has 0 aromatic heterocycles. The summed E-state index contributed by atoms with van der Waals surface area (Å²) in [5.41, 5.74) is 3.58. The molecule has 6 nitrogen and oxygen atoms in total. The summed E-state index contributed by atoms with van der Waals surface area (Å²) in [4.78, 5) is 38.1. The van der Waals surface area contributed by atoms with E-state index in [1.54, 1.807) is 11.0 Å². The Morgan fingerprint density at radius 3 is 2.54 bits per heavy atom. The van der Waals surface area contributed by atoms with Gasteiger partial charge in [-0.05, 0) is 61.4 Å². The Labute approximate surface area is 172 Å². The molecule has 1 heterocycles. The number of nitrogens with one attached hydrogen (secondary N) is 1. The highest BCUT2D eigenvalue weighted by atomic mass is 79.9. The van der Waals surface area contributed by atoms with Crippen LogP contribution in [0.1, 0.15) is 17.5 Å². The average molecular weight is 445 g/mol. The summed E-state index contributed by atoms with van der Waals surface area (Å²) in [5, 5.41) is 2.71. The lowest BCUT2D eigenvalue weighted by Gasteiger charge is -2.16. The number of hydrogen-bond donors (Lipinski definition) is 1. The van der Waals surface area contributed by atoms with E-state index in [4.69, 9.17) is 4.74 Å². The van der Waals surface area contributed by atoms with Gasteiger partial charge in [0, 0.05) is 28.8 Å². The number of carbonyl (C=O) groups is 3. The molecule has 0 bridgehead atoms. The quantitative estimate of drug-likeness (QED) is 0.714. The third kappa shape index (κ3) is 4.78. The summed E-state index contributed by atoms with van der Waals surface area (Å²) in [6.07, 6.45) is 0.0771. The van der Waals surface area contributed by atoms with Gasteiger partial charge in [0.2, 0.25) is 5.91 Å². The fraction of sp³-hybridized carbons (Fsp3) is 0.286. The van der Waals surface area contributed by atoms with Gasteiger partial charge >= 0.3 is 5.97 Å². The van der Waals surface area contributed by atoms with E-state index in [2.05, 4.69) is 21.2 Å². The van der Waals surface area contributed by atoms with Crippen LogP contribution in [0.3, 0.4) is 0 Å². The van der Waals surface area contributed by atoms with Crippen molar-refractivity contribution in [3.8, 4) is 0 Å².